The van der Waals surface area contributed by atoms with E-state index in [4.69, 9.17) is 18.6 Å². The number of methoxy groups -OCH3 is 3. The molecule has 25 heavy (non-hydrogen) atoms. The molecule has 0 saturated carbocycles. The Balaban J connectivity index is 2.51. The van der Waals surface area contributed by atoms with E-state index in [2.05, 4.69) is 5.32 Å². The second-order valence-electron chi connectivity index (χ2n) is 5.01. The van der Waals surface area contributed by atoms with Crippen LogP contribution in [-0.4, -0.2) is 32.2 Å². The van der Waals surface area contributed by atoms with Gasteiger partial charge in [0.05, 0.1) is 38.6 Å². The van der Waals surface area contributed by atoms with Crippen molar-refractivity contribution < 1.29 is 28.3 Å². The molecule has 1 aromatic heterocycles. The first-order valence-electron chi connectivity index (χ1n) is 7.26. The van der Waals surface area contributed by atoms with Crippen molar-refractivity contribution in [1.82, 2.24) is 5.32 Å². The summed E-state index contributed by atoms with van der Waals surface area (Å²) in [6, 6.07) is 4.12. The summed E-state index contributed by atoms with van der Waals surface area (Å²) < 4.78 is 20.6. The molecule has 1 heterocycles. The molecule has 0 radical (unpaired) electrons. The highest BCUT2D eigenvalue weighted by Gasteiger charge is 2.33. The lowest BCUT2D eigenvalue weighted by molar-refractivity contribution is -0.386. The summed E-state index contributed by atoms with van der Waals surface area (Å²) in [5.74, 6) is -0.172. The molecule has 0 bridgehead atoms. The largest absolute Gasteiger partial charge is 0.493 e. The van der Waals surface area contributed by atoms with Gasteiger partial charge in [-0.25, -0.2) is 0 Å². The quantitative estimate of drug-likeness (QED) is 0.603. The molecule has 134 valence electrons. The molecular weight excluding hydrogens is 332 g/mol. The van der Waals surface area contributed by atoms with Gasteiger partial charge in [0, 0.05) is 6.07 Å². The molecule has 0 saturated heterocycles. The molecule has 1 aromatic carbocycles. The Morgan fingerprint density at radius 2 is 1.92 bits per heavy atom. The minimum Gasteiger partial charge on any atom is -0.493 e. The maximum Gasteiger partial charge on any atom is 0.327 e. The van der Waals surface area contributed by atoms with Crippen molar-refractivity contribution in [3.63, 3.8) is 0 Å². The predicted octanol–water partition coefficient (Wildman–Crippen LogP) is 2.70. The average Bonchev–Trinajstić information content (AvgIpc) is 3.13. The van der Waals surface area contributed by atoms with Crippen LogP contribution in [0.25, 0.3) is 0 Å². The molecular formula is C16H18N2O7. The van der Waals surface area contributed by atoms with Crippen molar-refractivity contribution in [2.24, 2.45) is 0 Å². The highest BCUT2D eigenvalue weighted by atomic mass is 16.6. The summed E-state index contributed by atoms with van der Waals surface area (Å²) >= 11 is 0. The number of nitro groups is 1. The van der Waals surface area contributed by atoms with Gasteiger partial charge in [0.25, 0.3) is 5.91 Å². The van der Waals surface area contributed by atoms with Crippen molar-refractivity contribution in [3.8, 4) is 17.2 Å². The van der Waals surface area contributed by atoms with Crippen LogP contribution in [0.4, 0.5) is 5.69 Å². The van der Waals surface area contributed by atoms with Gasteiger partial charge in [-0.1, -0.05) is 0 Å². The van der Waals surface area contributed by atoms with Crippen LogP contribution < -0.4 is 19.5 Å². The van der Waals surface area contributed by atoms with E-state index in [1.165, 1.54) is 33.7 Å². The van der Waals surface area contributed by atoms with Crippen LogP contribution >= 0.6 is 0 Å². The fourth-order valence-electron chi connectivity index (χ4n) is 2.38. The van der Waals surface area contributed by atoms with Gasteiger partial charge in [-0.2, -0.15) is 0 Å². The highest BCUT2D eigenvalue weighted by molar-refractivity contribution is 6.00. The Morgan fingerprint density at radius 1 is 1.24 bits per heavy atom. The first-order chi connectivity index (χ1) is 11.9. The molecule has 9 heteroatoms. The lowest BCUT2D eigenvalue weighted by Crippen LogP contribution is -2.27. The van der Waals surface area contributed by atoms with Crippen molar-refractivity contribution in [2.75, 3.05) is 21.3 Å². The molecule has 9 nitrogen and oxygen atoms in total. The maximum absolute atomic E-state index is 12.6. The summed E-state index contributed by atoms with van der Waals surface area (Å²) in [6.07, 6.45) is 1.47. The molecule has 1 atom stereocenters. The second kappa shape index (κ2) is 7.56. The third-order valence-corrected chi connectivity index (χ3v) is 3.55. The number of ether oxygens (including phenoxy) is 3. The molecule has 0 aliphatic heterocycles. The number of hydrogen-bond donors (Lipinski definition) is 1. The van der Waals surface area contributed by atoms with Crippen LogP contribution in [0.3, 0.4) is 0 Å². The number of furan rings is 1. The van der Waals surface area contributed by atoms with Gasteiger partial charge in [-0.3, -0.25) is 14.9 Å². The van der Waals surface area contributed by atoms with Crippen molar-refractivity contribution in [1.29, 1.82) is 0 Å². The second-order valence-corrected chi connectivity index (χ2v) is 5.01. The normalized spacial score (nSPS) is 11.5. The third-order valence-electron chi connectivity index (χ3n) is 3.55. The molecule has 0 aliphatic rings. The Kier molecular flexibility index (Phi) is 5.48. The fourth-order valence-corrected chi connectivity index (χ4v) is 2.38. The summed E-state index contributed by atoms with van der Waals surface area (Å²) in [5.41, 5.74) is -0.720. The molecule has 0 spiro atoms. The number of amides is 1. The number of hydrogen-bond acceptors (Lipinski definition) is 7. The van der Waals surface area contributed by atoms with Gasteiger partial charge in [0.1, 0.15) is 11.3 Å². The number of carbonyl (C=O) groups excluding carboxylic acids is 1. The van der Waals surface area contributed by atoms with Crippen molar-refractivity contribution in [2.45, 2.75) is 13.0 Å². The zero-order valence-electron chi connectivity index (χ0n) is 14.2. The number of nitro benzene ring substituents is 1. The number of benzene rings is 1. The Hall–Kier alpha value is -3.23. The molecule has 0 fully saturated rings. The first kappa shape index (κ1) is 18.1. The topological polar surface area (TPSA) is 113 Å². The van der Waals surface area contributed by atoms with Crippen LogP contribution in [0.15, 0.2) is 28.9 Å². The van der Waals surface area contributed by atoms with E-state index >= 15 is 0 Å². The van der Waals surface area contributed by atoms with Crippen LogP contribution in [0.2, 0.25) is 0 Å². The molecule has 1 unspecified atom stereocenters. The number of carbonyl (C=O) groups is 1. The minimum absolute atomic E-state index is 0.0346. The third kappa shape index (κ3) is 3.49. The van der Waals surface area contributed by atoms with Crippen molar-refractivity contribution in [3.05, 3.63) is 45.9 Å². The smallest absolute Gasteiger partial charge is 0.327 e. The summed E-state index contributed by atoms with van der Waals surface area (Å²) in [5, 5.41) is 14.2. The fraction of sp³-hybridized carbons (Fsp3) is 0.312. The maximum atomic E-state index is 12.6. The van der Waals surface area contributed by atoms with Crippen molar-refractivity contribution >= 4 is 11.6 Å². The van der Waals surface area contributed by atoms with E-state index in [-0.39, 0.29) is 22.8 Å². The Morgan fingerprint density at radius 3 is 2.40 bits per heavy atom. The van der Waals surface area contributed by atoms with Crippen LogP contribution in [0, 0.1) is 10.1 Å². The standard InChI is InChI=1S/C16H18N2O7/c1-9(11-6-5-7-25-11)17-16(19)10-8-12(22-2)14(23-3)15(24-4)13(10)18(20)21/h5-9H,1-4H3,(H,17,19). The van der Waals surface area contributed by atoms with Crippen LogP contribution in [0.5, 0.6) is 17.2 Å². The van der Waals surface area contributed by atoms with Gasteiger partial charge in [0.2, 0.25) is 11.5 Å². The van der Waals surface area contributed by atoms with Crippen LogP contribution in [-0.2, 0) is 0 Å². The van der Waals surface area contributed by atoms with Gasteiger partial charge in [-0.05, 0) is 19.1 Å². The predicted molar refractivity (Wildman–Crippen MR) is 87.3 cm³/mol. The number of nitrogens with one attached hydrogen (secondary N) is 1. The molecule has 2 rings (SSSR count). The Labute approximate surface area is 143 Å². The van der Waals surface area contributed by atoms with E-state index in [1.807, 2.05) is 0 Å². The molecule has 0 aliphatic carbocycles. The average molecular weight is 350 g/mol. The van der Waals surface area contributed by atoms with Gasteiger partial charge in [-0.15, -0.1) is 0 Å². The zero-order valence-corrected chi connectivity index (χ0v) is 14.2. The van der Waals surface area contributed by atoms with Gasteiger partial charge < -0.3 is 23.9 Å². The Bertz CT molecular complexity index is 771. The highest BCUT2D eigenvalue weighted by Crippen LogP contribution is 2.46. The van der Waals surface area contributed by atoms with E-state index < -0.39 is 22.6 Å². The summed E-state index contributed by atoms with van der Waals surface area (Å²) in [6.45, 7) is 1.69. The first-order valence-corrected chi connectivity index (χ1v) is 7.26. The number of rotatable bonds is 7. The van der Waals surface area contributed by atoms with Gasteiger partial charge >= 0.3 is 5.69 Å². The monoisotopic (exact) mass is 350 g/mol. The molecule has 1 amide bonds. The zero-order chi connectivity index (χ0) is 18.6. The van der Waals surface area contributed by atoms with E-state index in [0.29, 0.717) is 5.76 Å². The minimum atomic E-state index is -0.701. The molecule has 1 N–H and O–H groups in total. The van der Waals surface area contributed by atoms with Gasteiger partial charge in [0.15, 0.2) is 5.75 Å². The lowest BCUT2D eigenvalue weighted by atomic mass is 10.1. The lowest BCUT2D eigenvalue weighted by Gasteiger charge is -2.16. The van der Waals surface area contributed by atoms with E-state index in [9.17, 15) is 14.9 Å². The van der Waals surface area contributed by atoms with Crippen LogP contribution in [0.1, 0.15) is 29.1 Å². The summed E-state index contributed by atoms with van der Waals surface area (Å²) in [7, 11) is 3.93. The summed E-state index contributed by atoms with van der Waals surface area (Å²) in [4.78, 5) is 23.4. The van der Waals surface area contributed by atoms with E-state index in [1.54, 1.807) is 19.1 Å². The van der Waals surface area contributed by atoms with E-state index in [0.717, 1.165) is 0 Å². The number of nitrogens with zero attached hydrogens (tertiary/aromatic N) is 1. The SMILES string of the molecule is COc1cc(C(=O)NC(C)c2ccco2)c([N+](=O)[O-])c(OC)c1OC. The molecule has 2 aromatic rings.